The van der Waals surface area contributed by atoms with Crippen molar-refractivity contribution in [3.05, 3.63) is 78.9 Å². The van der Waals surface area contributed by atoms with E-state index in [0.29, 0.717) is 16.4 Å². The highest BCUT2D eigenvalue weighted by Crippen LogP contribution is 2.24. The first-order chi connectivity index (χ1) is 11.2. The van der Waals surface area contributed by atoms with Crippen LogP contribution in [0.5, 0.6) is 23.0 Å². The third-order valence-electron chi connectivity index (χ3n) is 3.00. The summed E-state index contributed by atoms with van der Waals surface area (Å²) in [6, 6.07) is 22.4. The number of benzene rings is 3. The lowest BCUT2D eigenvalue weighted by Crippen LogP contribution is -2.00. The molecule has 0 aliphatic carbocycles. The molecule has 1 unspecified atom stereocenters. The zero-order chi connectivity index (χ0) is 16.1. The van der Waals surface area contributed by atoms with Crippen molar-refractivity contribution in [3.63, 3.8) is 0 Å². The van der Waals surface area contributed by atoms with Gasteiger partial charge in [0.25, 0.3) is 0 Å². The number of para-hydroxylation sites is 1. The van der Waals surface area contributed by atoms with Gasteiger partial charge < -0.3 is 14.0 Å². The Bertz CT molecular complexity index is 784. The minimum Gasteiger partial charge on any atom is -0.508 e. The van der Waals surface area contributed by atoms with Gasteiger partial charge in [0.2, 0.25) is 11.1 Å². The average Bonchev–Trinajstić information content (AvgIpc) is 2.58. The second-order valence-corrected chi connectivity index (χ2v) is 5.81. The van der Waals surface area contributed by atoms with Gasteiger partial charge in [-0.2, -0.15) is 0 Å². The molecule has 0 aromatic heterocycles. The lowest BCUT2D eigenvalue weighted by atomic mass is 10.3. The van der Waals surface area contributed by atoms with E-state index >= 15 is 0 Å². The van der Waals surface area contributed by atoms with Crippen molar-refractivity contribution in [1.29, 1.82) is 0 Å². The first-order valence-electron chi connectivity index (χ1n) is 6.93. The van der Waals surface area contributed by atoms with Crippen LogP contribution in [0.15, 0.2) is 83.8 Å². The van der Waals surface area contributed by atoms with Crippen LogP contribution in [-0.2, 0) is 11.1 Å². The lowest BCUT2D eigenvalue weighted by molar-refractivity contribution is 0.474. The molecule has 0 spiro atoms. The van der Waals surface area contributed by atoms with E-state index in [-0.39, 0.29) is 5.75 Å². The monoisotopic (exact) mass is 326 g/mol. The molecule has 0 radical (unpaired) electrons. The number of ether oxygens (including phenoxy) is 1. The molecule has 0 aliphatic heterocycles. The van der Waals surface area contributed by atoms with Crippen molar-refractivity contribution in [1.82, 2.24) is 0 Å². The van der Waals surface area contributed by atoms with Gasteiger partial charge in [0.15, 0.2) is 0 Å². The molecule has 3 aromatic carbocycles. The number of aromatic hydroxyl groups is 1. The zero-order valence-corrected chi connectivity index (χ0v) is 12.9. The van der Waals surface area contributed by atoms with Gasteiger partial charge in [-0.15, -0.1) is 0 Å². The minimum absolute atomic E-state index is 0.119. The molecule has 0 saturated heterocycles. The maximum Gasteiger partial charge on any atom is 0.240 e. The summed E-state index contributed by atoms with van der Waals surface area (Å²) in [5.41, 5.74) is 0. The third kappa shape index (κ3) is 4.11. The molecule has 1 atom stereocenters. The smallest absolute Gasteiger partial charge is 0.240 e. The second-order valence-electron chi connectivity index (χ2n) is 4.70. The molecule has 23 heavy (non-hydrogen) atoms. The van der Waals surface area contributed by atoms with Crippen LogP contribution in [0.4, 0.5) is 0 Å². The van der Waals surface area contributed by atoms with Crippen LogP contribution in [0.1, 0.15) is 0 Å². The van der Waals surface area contributed by atoms with Gasteiger partial charge in [-0.1, -0.05) is 18.2 Å². The van der Waals surface area contributed by atoms with Gasteiger partial charge in [-0.3, -0.25) is 0 Å². The molecular formula is C18H14O4S. The first-order valence-corrected chi connectivity index (χ1v) is 8.00. The van der Waals surface area contributed by atoms with E-state index in [1.165, 1.54) is 12.1 Å². The van der Waals surface area contributed by atoms with E-state index in [1.807, 2.05) is 30.3 Å². The highest BCUT2D eigenvalue weighted by Gasteiger charge is 2.07. The predicted molar refractivity (Wildman–Crippen MR) is 88.1 cm³/mol. The highest BCUT2D eigenvalue weighted by molar-refractivity contribution is 7.80. The molecule has 0 fully saturated rings. The molecule has 3 aromatic rings. The minimum atomic E-state index is -1.64. The number of phenolic OH excluding ortho intramolecular Hbond substituents is 1. The van der Waals surface area contributed by atoms with E-state index in [4.69, 9.17) is 8.92 Å². The summed E-state index contributed by atoms with van der Waals surface area (Å²) in [6.45, 7) is 0. The Labute approximate surface area is 136 Å². The number of rotatable bonds is 5. The molecular weight excluding hydrogens is 312 g/mol. The number of hydrogen-bond acceptors (Lipinski definition) is 4. The Kier molecular flexibility index (Phi) is 4.59. The summed E-state index contributed by atoms with van der Waals surface area (Å²) in [4.78, 5) is 0.479. The van der Waals surface area contributed by atoms with E-state index in [2.05, 4.69) is 0 Å². The Morgan fingerprint density at radius 1 is 0.696 bits per heavy atom. The van der Waals surface area contributed by atoms with Crippen molar-refractivity contribution in [3.8, 4) is 23.0 Å². The van der Waals surface area contributed by atoms with E-state index in [1.54, 1.807) is 36.4 Å². The van der Waals surface area contributed by atoms with Crippen molar-refractivity contribution in [2.24, 2.45) is 0 Å². The number of hydrogen-bond donors (Lipinski definition) is 1. The van der Waals surface area contributed by atoms with E-state index in [0.717, 1.165) is 5.75 Å². The van der Waals surface area contributed by atoms with Gasteiger partial charge in [0, 0.05) is 0 Å². The van der Waals surface area contributed by atoms with Gasteiger partial charge in [-0.05, 0) is 60.7 Å². The largest absolute Gasteiger partial charge is 0.508 e. The average molecular weight is 326 g/mol. The van der Waals surface area contributed by atoms with Crippen LogP contribution in [0, 0.1) is 0 Å². The van der Waals surface area contributed by atoms with Gasteiger partial charge in [0.05, 0.1) is 4.90 Å². The normalized spacial score (nSPS) is 11.7. The van der Waals surface area contributed by atoms with Crippen LogP contribution in [0.3, 0.4) is 0 Å². The van der Waals surface area contributed by atoms with Gasteiger partial charge in [-0.25, -0.2) is 4.21 Å². The van der Waals surface area contributed by atoms with Crippen molar-refractivity contribution >= 4 is 11.1 Å². The van der Waals surface area contributed by atoms with Crippen molar-refractivity contribution < 1.29 is 18.2 Å². The molecule has 1 N–H and O–H groups in total. The Morgan fingerprint density at radius 2 is 1.26 bits per heavy atom. The van der Waals surface area contributed by atoms with E-state index < -0.39 is 11.1 Å². The summed E-state index contributed by atoms with van der Waals surface area (Å²) in [5.74, 6) is 2.00. The summed E-state index contributed by atoms with van der Waals surface area (Å²) >= 11 is -1.64. The fourth-order valence-corrected chi connectivity index (χ4v) is 2.62. The van der Waals surface area contributed by atoms with Crippen molar-refractivity contribution in [2.75, 3.05) is 0 Å². The summed E-state index contributed by atoms with van der Waals surface area (Å²) < 4.78 is 23.1. The zero-order valence-electron chi connectivity index (χ0n) is 12.1. The molecule has 0 heterocycles. The summed E-state index contributed by atoms with van der Waals surface area (Å²) in [6.07, 6.45) is 0. The Balaban J connectivity index is 1.65. The summed E-state index contributed by atoms with van der Waals surface area (Å²) in [5, 5.41) is 9.23. The fraction of sp³-hybridized carbons (Fsp3) is 0. The van der Waals surface area contributed by atoms with Crippen LogP contribution in [0.2, 0.25) is 0 Å². The Hall–Kier alpha value is -2.79. The maximum absolute atomic E-state index is 12.1. The third-order valence-corrected chi connectivity index (χ3v) is 4.00. The van der Waals surface area contributed by atoms with Crippen LogP contribution in [0.25, 0.3) is 0 Å². The highest BCUT2D eigenvalue weighted by atomic mass is 32.2. The Morgan fingerprint density at radius 3 is 1.91 bits per heavy atom. The predicted octanol–water partition coefficient (Wildman–Crippen LogP) is 4.29. The SMILES string of the molecule is O=S(Oc1ccc(Oc2ccccc2)cc1)c1ccc(O)cc1. The van der Waals surface area contributed by atoms with Crippen LogP contribution in [-0.4, -0.2) is 9.32 Å². The topological polar surface area (TPSA) is 55.8 Å². The van der Waals surface area contributed by atoms with Crippen LogP contribution >= 0.6 is 0 Å². The number of phenols is 1. The molecule has 0 aliphatic rings. The maximum atomic E-state index is 12.1. The lowest BCUT2D eigenvalue weighted by Gasteiger charge is -2.07. The first kappa shape index (κ1) is 15.1. The second kappa shape index (κ2) is 6.98. The van der Waals surface area contributed by atoms with Gasteiger partial charge >= 0.3 is 0 Å². The van der Waals surface area contributed by atoms with Gasteiger partial charge in [0.1, 0.15) is 23.0 Å². The molecule has 0 amide bonds. The molecule has 0 saturated carbocycles. The molecule has 3 rings (SSSR count). The molecule has 4 nitrogen and oxygen atoms in total. The summed E-state index contributed by atoms with van der Waals surface area (Å²) in [7, 11) is 0. The standard InChI is InChI=1S/C18H14O4S/c19-14-6-12-18(13-7-14)23(20)22-17-10-8-16(9-11-17)21-15-4-2-1-3-5-15/h1-13,19H. The van der Waals surface area contributed by atoms with E-state index in [9.17, 15) is 9.32 Å². The molecule has 5 heteroatoms. The molecule has 116 valence electrons. The molecule has 0 bridgehead atoms. The van der Waals surface area contributed by atoms with Crippen molar-refractivity contribution in [2.45, 2.75) is 4.90 Å². The van der Waals surface area contributed by atoms with Crippen LogP contribution < -0.4 is 8.92 Å². The fourth-order valence-electron chi connectivity index (χ4n) is 1.88. The quantitative estimate of drug-likeness (QED) is 0.760.